The number of carbonyl (C=O) groups excluding carboxylic acids is 2. The molecule has 2 aliphatic rings. The number of nitrogens with zero attached hydrogens (tertiary/aromatic N) is 4. The molecule has 9 nitrogen and oxygen atoms in total. The molecular formula is C21H24BrF3N6O3. The van der Waals surface area contributed by atoms with Crippen molar-refractivity contribution < 1.29 is 27.6 Å². The first-order valence-corrected chi connectivity index (χ1v) is 11.5. The molecular weight excluding hydrogens is 521 g/mol. The maximum absolute atomic E-state index is 13.5. The van der Waals surface area contributed by atoms with Gasteiger partial charge in [0, 0.05) is 37.3 Å². The van der Waals surface area contributed by atoms with Crippen molar-refractivity contribution in [3.63, 3.8) is 0 Å². The summed E-state index contributed by atoms with van der Waals surface area (Å²) in [4.78, 5) is 33.3. The van der Waals surface area contributed by atoms with Crippen molar-refractivity contribution in [1.82, 2.24) is 25.1 Å². The van der Waals surface area contributed by atoms with Crippen molar-refractivity contribution in [2.24, 2.45) is 0 Å². The van der Waals surface area contributed by atoms with E-state index in [4.69, 9.17) is 4.84 Å². The molecule has 0 aliphatic carbocycles. The molecule has 0 unspecified atom stereocenters. The second kappa shape index (κ2) is 9.92. The van der Waals surface area contributed by atoms with Crippen LogP contribution in [-0.2, 0) is 24.3 Å². The van der Waals surface area contributed by atoms with Gasteiger partial charge in [0.1, 0.15) is 17.6 Å². The molecule has 2 N–H and O–H groups in total. The molecule has 184 valence electrons. The number of hydrogen-bond donors (Lipinski definition) is 2. The van der Waals surface area contributed by atoms with Gasteiger partial charge in [-0.1, -0.05) is 0 Å². The van der Waals surface area contributed by atoms with Crippen LogP contribution in [0.4, 0.5) is 23.7 Å². The zero-order valence-corrected chi connectivity index (χ0v) is 20.1. The van der Waals surface area contributed by atoms with Crippen LogP contribution in [0.25, 0.3) is 0 Å². The molecule has 0 saturated heterocycles. The highest BCUT2D eigenvalue weighted by Gasteiger charge is 2.37. The zero-order valence-electron chi connectivity index (χ0n) is 18.5. The van der Waals surface area contributed by atoms with Crippen molar-refractivity contribution in [2.45, 2.75) is 45.0 Å². The molecule has 34 heavy (non-hydrogen) atoms. The minimum Gasteiger partial charge on any atom is -0.317 e. The lowest BCUT2D eigenvalue weighted by atomic mass is 9.99. The Morgan fingerprint density at radius 2 is 2.15 bits per heavy atom. The first-order valence-electron chi connectivity index (χ1n) is 10.7. The first kappa shape index (κ1) is 24.5. The van der Waals surface area contributed by atoms with Crippen LogP contribution >= 0.6 is 15.9 Å². The molecule has 3 amide bonds. The van der Waals surface area contributed by atoms with Crippen LogP contribution in [0.2, 0.25) is 0 Å². The predicted octanol–water partition coefficient (Wildman–Crippen LogP) is 3.00. The Balaban J connectivity index is 1.54. The fourth-order valence-electron chi connectivity index (χ4n) is 4.11. The summed E-state index contributed by atoms with van der Waals surface area (Å²) in [7, 11) is 1.46. The van der Waals surface area contributed by atoms with Crippen LogP contribution in [0.5, 0.6) is 0 Å². The van der Waals surface area contributed by atoms with Gasteiger partial charge in [-0.3, -0.25) is 14.3 Å². The number of halogens is 4. The van der Waals surface area contributed by atoms with Gasteiger partial charge >= 0.3 is 6.03 Å². The molecule has 0 saturated carbocycles. The highest BCUT2D eigenvalue weighted by molar-refractivity contribution is 9.10. The summed E-state index contributed by atoms with van der Waals surface area (Å²) in [5.41, 5.74) is 2.06. The summed E-state index contributed by atoms with van der Waals surface area (Å²) in [6.07, 6.45) is -2.64. The monoisotopic (exact) mass is 544 g/mol. The maximum atomic E-state index is 13.5. The lowest BCUT2D eigenvalue weighted by Gasteiger charge is -2.33. The van der Waals surface area contributed by atoms with Crippen LogP contribution in [0.15, 0.2) is 22.7 Å². The SMILES string of the molecule is C[C@@H]1Cc2nn3c(c2CN1C(=O)Nc1ccc(F)c(Br)c1)C(=O)N(C)O[C@@H](CNCC(F)F)C3. The van der Waals surface area contributed by atoms with Crippen molar-refractivity contribution in [1.29, 1.82) is 0 Å². The van der Waals surface area contributed by atoms with E-state index >= 15 is 0 Å². The Kier molecular flexibility index (Phi) is 7.14. The van der Waals surface area contributed by atoms with E-state index in [0.717, 1.165) is 5.06 Å². The van der Waals surface area contributed by atoms with Gasteiger partial charge in [0.05, 0.1) is 29.8 Å². The van der Waals surface area contributed by atoms with E-state index < -0.39 is 36.8 Å². The van der Waals surface area contributed by atoms with Crippen LogP contribution in [0.1, 0.15) is 28.7 Å². The van der Waals surface area contributed by atoms with Gasteiger partial charge in [0.25, 0.3) is 12.3 Å². The average Bonchev–Trinajstić information content (AvgIpc) is 3.05. The number of fused-ring (bicyclic) bond motifs is 3. The van der Waals surface area contributed by atoms with Crippen LogP contribution in [-0.4, -0.2) is 70.4 Å². The Morgan fingerprint density at radius 3 is 2.85 bits per heavy atom. The quantitative estimate of drug-likeness (QED) is 0.603. The minimum atomic E-state index is -2.49. The first-order chi connectivity index (χ1) is 16.1. The number of hydroxylamine groups is 2. The van der Waals surface area contributed by atoms with Gasteiger partial charge in [0.15, 0.2) is 0 Å². The lowest BCUT2D eigenvalue weighted by molar-refractivity contribution is -0.146. The van der Waals surface area contributed by atoms with Gasteiger partial charge in [-0.25, -0.2) is 23.0 Å². The fourth-order valence-corrected chi connectivity index (χ4v) is 4.49. The number of urea groups is 1. The lowest BCUT2D eigenvalue weighted by Crippen LogP contribution is -2.45. The van der Waals surface area contributed by atoms with Gasteiger partial charge in [-0.2, -0.15) is 5.10 Å². The highest BCUT2D eigenvalue weighted by atomic mass is 79.9. The molecule has 2 aromatic rings. The van der Waals surface area contributed by atoms with Crippen LogP contribution in [0.3, 0.4) is 0 Å². The minimum absolute atomic E-state index is 0.115. The van der Waals surface area contributed by atoms with Crippen molar-refractivity contribution in [2.75, 3.05) is 25.5 Å². The van der Waals surface area contributed by atoms with E-state index in [1.54, 1.807) is 4.90 Å². The maximum Gasteiger partial charge on any atom is 0.322 e. The summed E-state index contributed by atoms with van der Waals surface area (Å²) in [6, 6.07) is 3.58. The summed E-state index contributed by atoms with van der Waals surface area (Å²) in [6.45, 7) is 1.85. The average molecular weight is 545 g/mol. The Labute approximate surface area is 202 Å². The largest absolute Gasteiger partial charge is 0.322 e. The van der Waals surface area contributed by atoms with E-state index in [2.05, 4.69) is 31.7 Å². The summed E-state index contributed by atoms with van der Waals surface area (Å²) in [5.74, 6) is -0.869. The number of hydrogen-bond acceptors (Lipinski definition) is 5. The summed E-state index contributed by atoms with van der Waals surface area (Å²) in [5, 5.41) is 11.0. The normalized spacial score (nSPS) is 20.3. The van der Waals surface area contributed by atoms with E-state index in [-0.39, 0.29) is 30.1 Å². The molecule has 2 atom stereocenters. The Bertz CT molecular complexity index is 1100. The van der Waals surface area contributed by atoms with Crippen molar-refractivity contribution >= 4 is 33.6 Å². The Morgan fingerprint density at radius 1 is 1.38 bits per heavy atom. The molecule has 3 heterocycles. The number of anilines is 1. The standard InChI is InChI=1S/C21H24BrF3N6O3/c1-11-5-17-14(10-30(11)21(33)27-12-3-4-16(23)15(22)6-12)19-20(32)29(2)34-13(9-31(19)28-17)7-26-8-18(24)25/h3-4,6,11,13,18,26H,5,7-10H2,1-2H3,(H,27,33)/t11-,13+/m1/s1. The highest BCUT2D eigenvalue weighted by Crippen LogP contribution is 2.29. The summed E-state index contributed by atoms with van der Waals surface area (Å²) < 4.78 is 40.2. The fraction of sp³-hybridized carbons (Fsp3) is 0.476. The Hall–Kier alpha value is -2.64. The van der Waals surface area contributed by atoms with Gasteiger partial charge in [0.2, 0.25) is 0 Å². The zero-order chi connectivity index (χ0) is 24.6. The molecule has 1 aromatic heterocycles. The third-order valence-corrected chi connectivity index (χ3v) is 6.37. The molecule has 0 bridgehead atoms. The van der Waals surface area contributed by atoms with E-state index in [0.29, 0.717) is 29.1 Å². The topological polar surface area (TPSA) is 91.7 Å². The van der Waals surface area contributed by atoms with Gasteiger partial charge in [-0.05, 0) is 41.1 Å². The number of amides is 3. The van der Waals surface area contributed by atoms with E-state index in [1.807, 2.05) is 6.92 Å². The van der Waals surface area contributed by atoms with Crippen LogP contribution < -0.4 is 10.6 Å². The third-order valence-electron chi connectivity index (χ3n) is 5.76. The second-order valence-corrected chi connectivity index (χ2v) is 9.13. The molecule has 2 aliphatic heterocycles. The smallest absolute Gasteiger partial charge is 0.317 e. The number of nitrogens with one attached hydrogen (secondary N) is 2. The summed E-state index contributed by atoms with van der Waals surface area (Å²) >= 11 is 3.10. The van der Waals surface area contributed by atoms with Crippen LogP contribution in [0, 0.1) is 5.82 Å². The number of alkyl halides is 2. The number of carbonyl (C=O) groups is 2. The molecule has 0 fully saturated rings. The predicted molar refractivity (Wildman–Crippen MR) is 120 cm³/mol. The van der Waals surface area contributed by atoms with Crippen molar-refractivity contribution in [3.05, 3.63) is 45.4 Å². The van der Waals surface area contributed by atoms with Crippen molar-refractivity contribution in [3.8, 4) is 0 Å². The molecule has 13 heteroatoms. The van der Waals surface area contributed by atoms with Gasteiger partial charge < -0.3 is 15.5 Å². The molecule has 0 spiro atoms. The van der Waals surface area contributed by atoms with Gasteiger partial charge in [-0.15, -0.1) is 0 Å². The molecule has 0 radical (unpaired) electrons. The number of aromatic nitrogens is 2. The van der Waals surface area contributed by atoms with E-state index in [1.165, 1.54) is 29.9 Å². The molecule has 4 rings (SSSR count). The second-order valence-electron chi connectivity index (χ2n) is 8.28. The third kappa shape index (κ3) is 5.05. The number of rotatable bonds is 5. The molecule has 1 aromatic carbocycles. The van der Waals surface area contributed by atoms with E-state index in [9.17, 15) is 22.8 Å². The number of benzene rings is 1.